The van der Waals surface area contributed by atoms with Crippen LogP contribution in [0.2, 0.25) is 0 Å². The van der Waals surface area contributed by atoms with E-state index in [-0.39, 0.29) is 35.8 Å². The summed E-state index contributed by atoms with van der Waals surface area (Å²) in [4.78, 5) is 10.5. The maximum atomic E-state index is 14.0. The molecule has 5 nitrogen and oxygen atoms in total. The highest BCUT2D eigenvalue weighted by molar-refractivity contribution is 14.0. The maximum absolute atomic E-state index is 14.0. The van der Waals surface area contributed by atoms with Crippen LogP contribution >= 0.6 is 24.0 Å². The van der Waals surface area contributed by atoms with Gasteiger partial charge in [-0.05, 0) is 41.3 Å². The van der Waals surface area contributed by atoms with Gasteiger partial charge in [-0.25, -0.2) is 9.37 Å². The molecule has 1 aliphatic heterocycles. The number of anilines is 1. The number of aromatic nitrogens is 1. The Kier molecular flexibility index (Phi) is 7.84. The zero-order valence-corrected chi connectivity index (χ0v) is 19.3. The number of fused-ring (bicyclic) bond motifs is 1. The standard InChI is InChI=1S/C23H26FN5.HI/c1-25-23(27-14-11-18-8-4-7-17-6-2-3-9-20(17)18)28-19-12-15-29(16-19)22-21(24)10-5-13-26-22;/h2-10,13,19H,11-12,14-16H2,1H3,(H2,25,27,28);1H. The molecule has 2 aromatic carbocycles. The molecule has 0 bridgehead atoms. The highest BCUT2D eigenvalue weighted by atomic mass is 127. The van der Waals surface area contributed by atoms with Crippen LogP contribution in [0.25, 0.3) is 10.8 Å². The number of aliphatic imine (C=N–C) groups is 1. The van der Waals surface area contributed by atoms with Gasteiger partial charge in [-0.15, -0.1) is 24.0 Å². The van der Waals surface area contributed by atoms with Gasteiger partial charge in [-0.3, -0.25) is 4.99 Å². The lowest BCUT2D eigenvalue weighted by molar-refractivity contribution is 0.612. The van der Waals surface area contributed by atoms with E-state index in [1.807, 2.05) is 4.90 Å². The van der Waals surface area contributed by atoms with E-state index in [1.54, 1.807) is 19.3 Å². The molecule has 1 atom stereocenters. The predicted molar refractivity (Wildman–Crippen MR) is 132 cm³/mol. The third kappa shape index (κ3) is 5.19. The van der Waals surface area contributed by atoms with Crippen molar-refractivity contribution in [1.29, 1.82) is 0 Å². The third-order valence-electron chi connectivity index (χ3n) is 5.36. The van der Waals surface area contributed by atoms with Crippen LogP contribution < -0.4 is 15.5 Å². The van der Waals surface area contributed by atoms with E-state index in [1.165, 1.54) is 22.4 Å². The van der Waals surface area contributed by atoms with E-state index >= 15 is 0 Å². The van der Waals surface area contributed by atoms with Crippen molar-refractivity contribution in [2.24, 2.45) is 4.99 Å². The monoisotopic (exact) mass is 519 g/mol. The normalized spacial score (nSPS) is 16.4. The molecule has 0 spiro atoms. The quantitative estimate of drug-likeness (QED) is 0.304. The fourth-order valence-corrected chi connectivity index (χ4v) is 3.89. The fourth-order valence-electron chi connectivity index (χ4n) is 3.89. The first-order chi connectivity index (χ1) is 14.2. The van der Waals surface area contributed by atoms with Gasteiger partial charge in [0.15, 0.2) is 17.6 Å². The first-order valence-electron chi connectivity index (χ1n) is 10.0. The highest BCUT2D eigenvalue weighted by Crippen LogP contribution is 2.21. The van der Waals surface area contributed by atoms with Gasteiger partial charge < -0.3 is 15.5 Å². The molecule has 0 radical (unpaired) electrons. The molecular weight excluding hydrogens is 492 g/mol. The first kappa shape index (κ1) is 22.3. The van der Waals surface area contributed by atoms with E-state index in [0.717, 1.165) is 31.9 Å². The molecular formula is C23H27FIN5. The summed E-state index contributed by atoms with van der Waals surface area (Å²) in [6.07, 6.45) is 3.46. The summed E-state index contributed by atoms with van der Waals surface area (Å²) < 4.78 is 14.0. The summed E-state index contributed by atoms with van der Waals surface area (Å²) >= 11 is 0. The molecule has 1 saturated heterocycles. The van der Waals surface area contributed by atoms with E-state index in [4.69, 9.17) is 0 Å². The van der Waals surface area contributed by atoms with E-state index in [2.05, 4.69) is 63.1 Å². The molecule has 158 valence electrons. The Hall–Kier alpha value is -2.42. The van der Waals surface area contributed by atoms with Crippen LogP contribution in [-0.4, -0.2) is 43.7 Å². The molecule has 4 rings (SSSR count). The first-order valence-corrected chi connectivity index (χ1v) is 10.0. The third-order valence-corrected chi connectivity index (χ3v) is 5.36. The van der Waals surface area contributed by atoms with Crippen molar-refractivity contribution < 1.29 is 4.39 Å². The summed E-state index contributed by atoms with van der Waals surface area (Å²) in [6, 6.07) is 18.2. The molecule has 1 aliphatic rings. The number of rotatable bonds is 5. The van der Waals surface area contributed by atoms with Crippen LogP contribution in [0, 0.1) is 5.82 Å². The van der Waals surface area contributed by atoms with Crippen molar-refractivity contribution in [2.75, 3.05) is 31.6 Å². The Morgan fingerprint density at radius 1 is 1.17 bits per heavy atom. The molecule has 1 fully saturated rings. The smallest absolute Gasteiger partial charge is 0.191 e. The number of nitrogens with zero attached hydrogens (tertiary/aromatic N) is 3. The average Bonchev–Trinajstić information content (AvgIpc) is 3.21. The molecule has 1 unspecified atom stereocenters. The van der Waals surface area contributed by atoms with Crippen LogP contribution in [0.15, 0.2) is 65.8 Å². The lowest BCUT2D eigenvalue weighted by Crippen LogP contribution is -2.45. The number of benzene rings is 2. The van der Waals surface area contributed by atoms with Gasteiger partial charge in [0.1, 0.15) is 0 Å². The SMILES string of the molecule is CN=C(NCCc1cccc2ccccc12)NC1CCN(c2ncccc2F)C1.I. The lowest BCUT2D eigenvalue weighted by Gasteiger charge is -2.20. The van der Waals surface area contributed by atoms with E-state index in [0.29, 0.717) is 12.4 Å². The van der Waals surface area contributed by atoms with E-state index < -0.39 is 0 Å². The van der Waals surface area contributed by atoms with Crippen LogP contribution in [0.3, 0.4) is 0 Å². The van der Waals surface area contributed by atoms with Gasteiger partial charge >= 0.3 is 0 Å². The van der Waals surface area contributed by atoms with E-state index in [9.17, 15) is 4.39 Å². The number of hydrogen-bond acceptors (Lipinski definition) is 3. The number of pyridine rings is 1. The average molecular weight is 519 g/mol. The molecule has 2 heterocycles. The van der Waals surface area contributed by atoms with Gasteiger partial charge in [0.05, 0.1) is 0 Å². The Balaban J connectivity index is 0.00000256. The summed E-state index contributed by atoms with van der Waals surface area (Å²) in [7, 11) is 1.78. The molecule has 30 heavy (non-hydrogen) atoms. The van der Waals surface area contributed by atoms with Crippen molar-refractivity contribution in [2.45, 2.75) is 18.9 Å². The van der Waals surface area contributed by atoms with Gasteiger partial charge in [-0.2, -0.15) is 0 Å². The summed E-state index contributed by atoms with van der Waals surface area (Å²) in [5.41, 5.74) is 1.32. The van der Waals surface area contributed by atoms with Crippen molar-refractivity contribution in [3.8, 4) is 0 Å². The minimum absolute atomic E-state index is 0. The Labute approximate surface area is 193 Å². The molecule has 0 saturated carbocycles. The molecule has 3 aromatic rings. The lowest BCUT2D eigenvalue weighted by atomic mass is 10.0. The molecule has 7 heteroatoms. The zero-order chi connectivity index (χ0) is 20.1. The Morgan fingerprint density at radius 3 is 2.83 bits per heavy atom. The molecule has 2 N–H and O–H groups in total. The molecule has 0 aliphatic carbocycles. The second-order valence-corrected chi connectivity index (χ2v) is 7.27. The van der Waals surface area contributed by atoms with Gasteiger partial charge in [-0.1, -0.05) is 42.5 Å². The second-order valence-electron chi connectivity index (χ2n) is 7.27. The fraction of sp³-hybridized carbons (Fsp3) is 0.304. The van der Waals surface area contributed by atoms with Crippen molar-refractivity contribution in [1.82, 2.24) is 15.6 Å². The summed E-state index contributed by atoms with van der Waals surface area (Å²) in [5, 5.41) is 9.42. The predicted octanol–water partition coefficient (Wildman–Crippen LogP) is 3.98. The Bertz CT molecular complexity index is 1000. The highest BCUT2D eigenvalue weighted by Gasteiger charge is 2.25. The molecule has 0 amide bonds. The van der Waals surface area contributed by atoms with Crippen LogP contribution in [0.1, 0.15) is 12.0 Å². The minimum atomic E-state index is -0.272. The van der Waals surface area contributed by atoms with Crippen molar-refractivity contribution >= 4 is 46.5 Å². The summed E-state index contributed by atoms with van der Waals surface area (Å²) in [6.45, 7) is 2.27. The van der Waals surface area contributed by atoms with Gasteiger partial charge in [0.2, 0.25) is 0 Å². The number of nitrogens with one attached hydrogen (secondary N) is 2. The number of halogens is 2. The number of guanidine groups is 1. The van der Waals surface area contributed by atoms with Crippen molar-refractivity contribution in [3.05, 3.63) is 72.2 Å². The zero-order valence-electron chi connectivity index (χ0n) is 17.0. The second kappa shape index (κ2) is 10.6. The number of hydrogen-bond donors (Lipinski definition) is 2. The Morgan fingerprint density at radius 2 is 2.00 bits per heavy atom. The largest absolute Gasteiger partial charge is 0.356 e. The topological polar surface area (TPSA) is 52.6 Å². The van der Waals surface area contributed by atoms with Crippen LogP contribution in [-0.2, 0) is 6.42 Å². The summed E-state index contributed by atoms with van der Waals surface area (Å²) in [5.74, 6) is 0.931. The van der Waals surface area contributed by atoms with Crippen LogP contribution in [0.5, 0.6) is 0 Å². The minimum Gasteiger partial charge on any atom is -0.356 e. The van der Waals surface area contributed by atoms with Gasteiger partial charge in [0, 0.05) is 38.9 Å². The van der Waals surface area contributed by atoms with Crippen molar-refractivity contribution in [3.63, 3.8) is 0 Å². The van der Waals surface area contributed by atoms with Gasteiger partial charge in [0.25, 0.3) is 0 Å². The van der Waals surface area contributed by atoms with Crippen LogP contribution in [0.4, 0.5) is 10.2 Å². The maximum Gasteiger partial charge on any atom is 0.191 e. The molecule has 1 aromatic heterocycles.